The second-order valence-electron chi connectivity index (χ2n) is 14.2. The number of Topliss-reactive ketones (excluding diaryl/α,β-unsaturated/α-hetero) is 1. The van der Waals surface area contributed by atoms with E-state index >= 15 is 0 Å². The molecule has 0 amide bonds. The standard InChI is InChI=1S/C41H44ClN3O6/c1-24-20-26(16-17-41(18-19-41)40(47)48)38(49-2)45-37(24)51-35-15-13-30-29(6-4-7-31(30)35)32-8-5-9-33(36(32)42)34-14-11-27(39(44-34)50-3)23-43-22-25-10-12-28(46)21-25/h4-9,11,14,20,25,35,43H,10,12-13,15-19,21-23H2,1-3H3,(H,47,48)/t25-,35+/m1/s1. The number of carboxylic acids is 1. The van der Waals surface area contributed by atoms with Gasteiger partial charge in [0.1, 0.15) is 11.9 Å². The number of hydrogen-bond acceptors (Lipinski definition) is 8. The third-order valence-electron chi connectivity index (χ3n) is 10.8. The Morgan fingerprint density at radius 1 is 0.941 bits per heavy atom. The van der Waals surface area contributed by atoms with Gasteiger partial charge in [-0.25, -0.2) is 4.98 Å². The Morgan fingerprint density at radius 3 is 2.41 bits per heavy atom. The Labute approximate surface area is 303 Å². The molecule has 2 aromatic heterocycles. The first kappa shape index (κ1) is 35.0. The van der Waals surface area contributed by atoms with E-state index in [0.29, 0.717) is 66.6 Å². The van der Waals surface area contributed by atoms with E-state index in [-0.39, 0.29) is 6.10 Å². The average Bonchev–Trinajstić information content (AvgIpc) is 3.66. The second-order valence-corrected chi connectivity index (χ2v) is 14.6. The van der Waals surface area contributed by atoms with Crippen LogP contribution in [0.1, 0.15) is 78.9 Å². The summed E-state index contributed by atoms with van der Waals surface area (Å²) in [5.41, 5.74) is 7.98. The SMILES string of the molecule is COc1nc(-c2cccc(-c3cccc4c3CC[C@@H]4Oc3nc(OC)c(CCC4(C(=O)O)CC4)cc3C)c2Cl)ccc1CNC[C@@H]1CCC(=O)C1. The lowest BCUT2D eigenvalue weighted by molar-refractivity contribution is -0.143. The fourth-order valence-electron chi connectivity index (χ4n) is 7.68. The smallest absolute Gasteiger partial charge is 0.309 e. The molecule has 7 rings (SSSR count). The third kappa shape index (κ3) is 7.19. The highest BCUT2D eigenvalue weighted by Gasteiger charge is 2.49. The number of aliphatic carboxylic acids is 1. The predicted molar refractivity (Wildman–Crippen MR) is 196 cm³/mol. The molecule has 0 aliphatic heterocycles. The average molecular weight is 710 g/mol. The number of aromatic nitrogens is 2. The van der Waals surface area contributed by atoms with Gasteiger partial charge in [0.25, 0.3) is 0 Å². The number of nitrogens with zero attached hydrogens (tertiary/aromatic N) is 2. The van der Waals surface area contributed by atoms with E-state index in [0.717, 1.165) is 83.3 Å². The number of fused-ring (bicyclic) bond motifs is 1. The highest BCUT2D eigenvalue weighted by atomic mass is 35.5. The molecule has 2 atom stereocenters. The summed E-state index contributed by atoms with van der Waals surface area (Å²) in [6.45, 7) is 3.37. The largest absolute Gasteiger partial charge is 0.481 e. The molecule has 0 radical (unpaired) electrons. The van der Waals surface area contributed by atoms with Crippen LogP contribution in [-0.2, 0) is 29.0 Å². The minimum absolute atomic E-state index is 0.188. The molecule has 2 fully saturated rings. The molecule has 4 aromatic rings. The molecule has 0 unspecified atom stereocenters. The summed E-state index contributed by atoms with van der Waals surface area (Å²) >= 11 is 7.18. The number of methoxy groups -OCH3 is 2. The van der Waals surface area contributed by atoms with Crippen molar-refractivity contribution in [2.75, 3.05) is 20.8 Å². The number of ketones is 1. The molecule has 10 heteroatoms. The van der Waals surface area contributed by atoms with E-state index in [9.17, 15) is 14.7 Å². The van der Waals surface area contributed by atoms with E-state index < -0.39 is 11.4 Å². The second kappa shape index (κ2) is 14.6. The van der Waals surface area contributed by atoms with Crippen LogP contribution in [0.5, 0.6) is 17.6 Å². The molecule has 2 heterocycles. The van der Waals surface area contributed by atoms with Crippen molar-refractivity contribution in [2.45, 2.75) is 77.4 Å². The van der Waals surface area contributed by atoms with Gasteiger partial charge in [-0.05, 0) is 93.2 Å². The van der Waals surface area contributed by atoms with E-state index in [2.05, 4.69) is 17.4 Å². The van der Waals surface area contributed by atoms with Gasteiger partial charge in [-0.15, -0.1) is 0 Å². The summed E-state index contributed by atoms with van der Waals surface area (Å²) < 4.78 is 17.9. The number of rotatable bonds is 14. The molecule has 0 saturated heterocycles. The first-order valence-electron chi connectivity index (χ1n) is 17.8. The number of halogens is 1. The molecule has 51 heavy (non-hydrogen) atoms. The lowest BCUT2D eigenvalue weighted by atomic mass is 9.94. The van der Waals surface area contributed by atoms with Gasteiger partial charge < -0.3 is 24.6 Å². The van der Waals surface area contributed by atoms with Gasteiger partial charge in [0, 0.05) is 47.2 Å². The molecular weight excluding hydrogens is 666 g/mol. The number of carboxylic acid groups (broad SMARTS) is 1. The van der Waals surface area contributed by atoms with Crippen LogP contribution in [0.2, 0.25) is 5.02 Å². The first-order valence-corrected chi connectivity index (χ1v) is 18.2. The van der Waals surface area contributed by atoms with E-state index in [1.807, 2.05) is 49.4 Å². The number of nitrogens with one attached hydrogen (secondary N) is 1. The molecule has 3 aliphatic carbocycles. The number of benzene rings is 2. The van der Waals surface area contributed by atoms with Gasteiger partial charge in [-0.2, -0.15) is 4.98 Å². The summed E-state index contributed by atoms with van der Waals surface area (Å²) in [7, 11) is 3.21. The van der Waals surface area contributed by atoms with Crippen molar-refractivity contribution in [3.05, 3.63) is 87.4 Å². The maximum atomic E-state index is 11.7. The Balaban J connectivity index is 1.09. The molecule has 9 nitrogen and oxygen atoms in total. The van der Waals surface area contributed by atoms with Crippen LogP contribution < -0.4 is 19.5 Å². The van der Waals surface area contributed by atoms with Crippen molar-refractivity contribution in [3.8, 4) is 40.0 Å². The number of hydrogen-bond donors (Lipinski definition) is 2. The van der Waals surface area contributed by atoms with Crippen LogP contribution in [0.3, 0.4) is 0 Å². The Bertz CT molecular complexity index is 1980. The highest BCUT2D eigenvalue weighted by molar-refractivity contribution is 6.36. The van der Waals surface area contributed by atoms with Crippen LogP contribution in [0.15, 0.2) is 54.6 Å². The summed E-state index contributed by atoms with van der Waals surface area (Å²) in [6.07, 6.45) is 6.33. The van der Waals surface area contributed by atoms with Crippen LogP contribution in [0, 0.1) is 18.3 Å². The van der Waals surface area contributed by atoms with Gasteiger partial charge in [0.2, 0.25) is 17.6 Å². The van der Waals surface area contributed by atoms with Crippen molar-refractivity contribution < 1.29 is 28.9 Å². The monoisotopic (exact) mass is 709 g/mol. The molecule has 2 N–H and O–H groups in total. The fraction of sp³-hybridized carbons (Fsp3) is 0.415. The molecule has 2 aromatic carbocycles. The Morgan fingerprint density at radius 2 is 1.69 bits per heavy atom. The Kier molecular flexibility index (Phi) is 10.0. The highest BCUT2D eigenvalue weighted by Crippen LogP contribution is 2.50. The predicted octanol–water partition coefficient (Wildman–Crippen LogP) is 8.11. The molecular formula is C41H44ClN3O6. The zero-order chi connectivity index (χ0) is 35.7. The summed E-state index contributed by atoms with van der Waals surface area (Å²) in [6, 6.07) is 18.3. The quantitative estimate of drug-likeness (QED) is 0.134. The fourth-order valence-corrected chi connectivity index (χ4v) is 8.00. The lowest BCUT2D eigenvalue weighted by Gasteiger charge is -2.19. The van der Waals surface area contributed by atoms with Crippen LogP contribution in [-0.4, -0.2) is 47.6 Å². The number of aryl methyl sites for hydroxylation is 2. The van der Waals surface area contributed by atoms with E-state index in [1.54, 1.807) is 14.2 Å². The van der Waals surface area contributed by atoms with Gasteiger partial charge in [-0.3, -0.25) is 9.59 Å². The number of carbonyl (C=O) groups is 2. The topological polar surface area (TPSA) is 120 Å². The van der Waals surface area contributed by atoms with Gasteiger partial charge in [0.05, 0.1) is 30.4 Å². The molecule has 2 saturated carbocycles. The van der Waals surface area contributed by atoms with Gasteiger partial charge in [0.15, 0.2) is 0 Å². The van der Waals surface area contributed by atoms with E-state index in [1.165, 1.54) is 5.56 Å². The minimum atomic E-state index is -0.719. The van der Waals surface area contributed by atoms with Crippen LogP contribution in [0.25, 0.3) is 22.4 Å². The van der Waals surface area contributed by atoms with Crippen LogP contribution >= 0.6 is 11.6 Å². The summed E-state index contributed by atoms with van der Waals surface area (Å²) in [5, 5.41) is 13.7. The van der Waals surface area contributed by atoms with Crippen molar-refractivity contribution >= 4 is 23.4 Å². The maximum absolute atomic E-state index is 11.7. The van der Waals surface area contributed by atoms with Crippen molar-refractivity contribution in [3.63, 3.8) is 0 Å². The van der Waals surface area contributed by atoms with Crippen molar-refractivity contribution in [2.24, 2.45) is 11.3 Å². The zero-order valence-electron chi connectivity index (χ0n) is 29.4. The number of ether oxygens (including phenoxy) is 3. The Hall–Kier alpha value is -4.47. The number of carbonyl (C=O) groups excluding carboxylic acids is 1. The first-order chi connectivity index (χ1) is 24.7. The molecule has 3 aliphatic rings. The minimum Gasteiger partial charge on any atom is -0.481 e. The third-order valence-corrected chi connectivity index (χ3v) is 11.2. The van der Waals surface area contributed by atoms with Crippen molar-refractivity contribution in [1.29, 1.82) is 0 Å². The number of pyridine rings is 2. The zero-order valence-corrected chi connectivity index (χ0v) is 30.1. The van der Waals surface area contributed by atoms with Crippen molar-refractivity contribution in [1.82, 2.24) is 15.3 Å². The van der Waals surface area contributed by atoms with E-state index in [4.69, 9.17) is 35.8 Å². The normalized spacial score (nSPS) is 18.8. The molecule has 0 bridgehead atoms. The molecule has 266 valence electrons. The van der Waals surface area contributed by atoms with Gasteiger partial charge in [-0.1, -0.05) is 54.1 Å². The lowest BCUT2D eigenvalue weighted by Crippen LogP contribution is -2.21. The maximum Gasteiger partial charge on any atom is 0.309 e. The summed E-state index contributed by atoms with van der Waals surface area (Å²) in [4.78, 5) is 32.9. The van der Waals surface area contributed by atoms with Crippen LogP contribution in [0.4, 0.5) is 0 Å². The summed E-state index contributed by atoms with van der Waals surface area (Å²) in [5.74, 6) is 1.57. The molecule has 0 spiro atoms. The van der Waals surface area contributed by atoms with Gasteiger partial charge >= 0.3 is 5.97 Å².